The highest BCUT2D eigenvalue weighted by molar-refractivity contribution is 5.76. The van der Waals surface area contributed by atoms with E-state index in [9.17, 15) is 25.3 Å². The zero-order valence-electron chi connectivity index (χ0n) is 12.3. The fourth-order valence-electron chi connectivity index (χ4n) is 2.23. The Labute approximate surface area is 122 Å². The number of aliphatic hydroxyl groups excluding tert-OH is 1. The molecule has 116 valence electrons. The van der Waals surface area contributed by atoms with E-state index in [0.29, 0.717) is 18.5 Å². The van der Waals surface area contributed by atoms with Crippen molar-refractivity contribution < 1.29 is 15.0 Å². The third-order valence-corrected chi connectivity index (χ3v) is 2.90. The maximum Gasteiger partial charge on any atom is 0.299 e. The Bertz CT molecular complexity index is 510. The molecule has 0 bridgehead atoms. The molecule has 21 heavy (non-hydrogen) atoms. The number of nitro groups is 2. The summed E-state index contributed by atoms with van der Waals surface area (Å²) in [6.07, 6.45) is -0.105. The average molecular weight is 297 g/mol. The van der Waals surface area contributed by atoms with Crippen molar-refractivity contribution in [1.29, 1.82) is 0 Å². The molecule has 0 amide bonds. The van der Waals surface area contributed by atoms with Gasteiger partial charge in [-0.25, -0.2) is 0 Å². The Balaban J connectivity index is 3.53. The summed E-state index contributed by atoms with van der Waals surface area (Å²) >= 11 is 0. The van der Waals surface area contributed by atoms with E-state index in [4.69, 9.17) is 0 Å². The monoisotopic (exact) mass is 297 g/mol. The predicted octanol–water partition coefficient (Wildman–Crippen LogP) is 2.41. The third-order valence-electron chi connectivity index (χ3n) is 2.90. The number of hydrogen-bond acceptors (Lipinski definition) is 6. The van der Waals surface area contributed by atoms with Gasteiger partial charge in [0.2, 0.25) is 0 Å². The minimum absolute atomic E-state index is 0.0432. The zero-order valence-corrected chi connectivity index (χ0v) is 12.3. The number of aryl methyl sites for hydroxylation is 1. The van der Waals surface area contributed by atoms with Gasteiger partial charge in [-0.2, -0.15) is 0 Å². The number of aliphatic hydroxyl groups is 1. The van der Waals surface area contributed by atoms with Gasteiger partial charge in [-0.3, -0.25) is 20.2 Å². The average Bonchev–Trinajstić information content (AvgIpc) is 2.36. The second-order valence-corrected chi connectivity index (χ2v) is 4.96. The van der Waals surface area contributed by atoms with E-state index in [1.165, 1.54) is 24.0 Å². The van der Waals surface area contributed by atoms with Gasteiger partial charge in [0, 0.05) is 25.2 Å². The molecule has 1 N–H and O–H groups in total. The van der Waals surface area contributed by atoms with Crippen molar-refractivity contribution >= 4 is 17.1 Å². The number of hydrogen-bond donors (Lipinski definition) is 1. The van der Waals surface area contributed by atoms with E-state index in [-0.39, 0.29) is 23.6 Å². The molecule has 0 aliphatic carbocycles. The van der Waals surface area contributed by atoms with Gasteiger partial charge in [0.15, 0.2) is 5.69 Å². The molecule has 0 radical (unpaired) electrons. The van der Waals surface area contributed by atoms with Crippen LogP contribution in [-0.2, 0) is 0 Å². The van der Waals surface area contributed by atoms with Crippen LogP contribution in [0.2, 0.25) is 0 Å². The molecule has 0 saturated heterocycles. The first-order chi connectivity index (χ1) is 9.77. The molecule has 1 rings (SSSR count). The molecule has 0 aliphatic heterocycles. The number of anilines is 1. The van der Waals surface area contributed by atoms with Crippen LogP contribution in [0.4, 0.5) is 17.1 Å². The van der Waals surface area contributed by atoms with Gasteiger partial charge < -0.3 is 10.0 Å². The number of nitro benzene ring substituents is 2. The first kappa shape index (κ1) is 16.8. The number of benzene rings is 1. The Hall–Kier alpha value is -2.22. The molecule has 0 spiro atoms. The summed E-state index contributed by atoms with van der Waals surface area (Å²) in [4.78, 5) is 22.7. The second-order valence-electron chi connectivity index (χ2n) is 4.96. The van der Waals surface area contributed by atoms with Crippen LogP contribution in [0.3, 0.4) is 0 Å². The maximum atomic E-state index is 11.2. The van der Waals surface area contributed by atoms with Crippen molar-refractivity contribution in [2.24, 2.45) is 0 Å². The fraction of sp³-hybridized carbons (Fsp3) is 0.538. The van der Waals surface area contributed by atoms with Crippen molar-refractivity contribution in [2.75, 3.05) is 18.0 Å². The standard InChI is InChI=1S/C13H19N3O5/c1-4-5-14(8-10(3)17)13-11(15(18)19)6-9(2)7-12(13)16(20)21/h6-7,10,17H,4-5,8H2,1-3H3. The highest BCUT2D eigenvalue weighted by atomic mass is 16.6. The summed E-state index contributed by atoms with van der Waals surface area (Å²) in [6, 6.07) is 2.63. The molecular weight excluding hydrogens is 278 g/mol. The molecule has 1 aromatic carbocycles. The van der Waals surface area contributed by atoms with Gasteiger partial charge in [0.1, 0.15) is 0 Å². The summed E-state index contributed by atoms with van der Waals surface area (Å²) in [7, 11) is 0. The predicted molar refractivity (Wildman–Crippen MR) is 78.7 cm³/mol. The van der Waals surface area contributed by atoms with Crippen molar-refractivity contribution in [3.63, 3.8) is 0 Å². The first-order valence-electron chi connectivity index (χ1n) is 6.64. The fourth-order valence-corrected chi connectivity index (χ4v) is 2.23. The second kappa shape index (κ2) is 6.98. The van der Waals surface area contributed by atoms with Crippen LogP contribution in [0.15, 0.2) is 12.1 Å². The summed E-state index contributed by atoms with van der Waals surface area (Å²) in [5.74, 6) is 0. The van der Waals surface area contributed by atoms with Gasteiger partial charge in [-0.1, -0.05) is 6.92 Å². The van der Waals surface area contributed by atoms with E-state index in [1.54, 1.807) is 6.92 Å². The Morgan fingerprint density at radius 2 is 1.71 bits per heavy atom. The van der Waals surface area contributed by atoms with E-state index in [1.807, 2.05) is 6.92 Å². The highest BCUT2D eigenvalue weighted by Crippen LogP contribution is 2.38. The first-order valence-corrected chi connectivity index (χ1v) is 6.64. The van der Waals surface area contributed by atoms with Crippen molar-refractivity contribution in [1.82, 2.24) is 0 Å². The molecule has 0 aromatic heterocycles. The van der Waals surface area contributed by atoms with Crippen LogP contribution in [0.5, 0.6) is 0 Å². The molecule has 0 heterocycles. The van der Waals surface area contributed by atoms with E-state index < -0.39 is 16.0 Å². The normalized spacial score (nSPS) is 12.0. The molecular formula is C13H19N3O5. The summed E-state index contributed by atoms with van der Waals surface area (Å²) in [5, 5.41) is 32.0. The number of rotatable bonds is 7. The lowest BCUT2D eigenvalue weighted by atomic mass is 10.1. The Morgan fingerprint density at radius 3 is 2.05 bits per heavy atom. The van der Waals surface area contributed by atoms with Crippen LogP contribution >= 0.6 is 0 Å². The molecule has 1 aromatic rings. The molecule has 0 aliphatic rings. The Kier molecular flexibility index (Phi) is 5.60. The molecule has 1 atom stereocenters. The molecule has 0 fully saturated rings. The third kappa shape index (κ3) is 4.12. The van der Waals surface area contributed by atoms with Crippen LogP contribution in [0.25, 0.3) is 0 Å². The summed E-state index contributed by atoms with van der Waals surface area (Å²) in [6.45, 7) is 5.45. The van der Waals surface area contributed by atoms with Gasteiger partial charge in [0.25, 0.3) is 11.4 Å². The summed E-state index contributed by atoms with van der Waals surface area (Å²) in [5.41, 5.74) is -0.212. The lowest BCUT2D eigenvalue weighted by Gasteiger charge is -2.25. The van der Waals surface area contributed by atoms with Crippen molar-refractivity contribution in [2.45, 2.75) is 33.3 Å². The van der Waals surface area contributed by atoms with Crippen molar-refractivity contribution in [3.05, 3.63) is 37.9 Å². The van der Waals surface area contributed by atoms with Gasteiger partial charge in [-0.15, -0.1) is 0 Å². The largest absolute Gasteiger partial charge is 0.392 e. The summed E-state index contributed by atoms with van der Waals surface area (Å²) < 4.78 is 0. The minimum Gasteiger partial charge on any atom is -0.392 e. The lowest BCUT2D eigenvalue weighted by molar-refractivity contribution is -0.392. The molecule has 8 heteroatoms. The topological polar surface area (TPSA) is 110 Å². The van der Waals surface area contributed by atoms with E-state index >= 15 is 0 Å². The smallest absolute Gasteiger partial charge is 0.299 e. The quantitative estimate of drug-likeness (QED) is 0.611. The van der Waals surface area contributed by atoms with Crippen LogP contribution in [0.1, 0.15) is 25.8 Å². The Morgan fingerprint density at radius 1 is 1.24 bits per heavy atom. The van der Waals surface area contributed by atoms with Gasteiger partial charge >= 0.3 is 0 Å². The molecule has 1 unspecified atom stereocenters. The molecule has 8 nitrogen and oxygen atoms in total. The van der Waals surface area contributed by atoms with Crippen LogP contribution in [0, 0.1) is 27.2 Å². The zero-order chi connectivity index (χ0) is 16.2. The van der Waals surface area contributed by atoms with Gasteiger partial charge in [-0.05, 0) is 25.8 Å². The van der Waals surface area contributed by atoms with E-state index in [2.05, 4.69) is 0 Å². The SMILES string of the molecule is CCCN(CC(C)O)c1c([N+](=O)[O-])cc(C)cc1[N+](=O)[O-]. The van der Waals surface area contributed by atoms with Crippen molar-refractivity contribution in [3.8, 4) is 0 Å². The van der Waals surface area contributed by atoms with Gasteiger partial charge in [0.05, 0.1) is 16.0 Å². The van der Waals surface area contributed by atoms with Crippen LogP contribution in [-0.4, -0.2) is 34.1 Å². The maximum absolute atomic E-state index is 11.2. The molecule has 0 saturated carbocycles. The van der Waals surface area contributed by atoms with Crippen LogP contribution < -0.4 is 4.90 Å². The van der Waals surface area contributed by atoms with E-state index in [0.717, 1.165) is 0 Å². The lowest BCUT2D eigenvalue weighted by Crippen LogP contribution is -2.32. The highest BCUT2D eigenvalue weighted by Gasteiger charge is 2.30. The number of nitrogens with zero attached hydrogens (tertiary/aromatic N) is 3. The minimum atomic E-state index is -0.753.